The van der Waals surface area contributed by atoms with Crippen molar-refractivity contribution in [2.75, 3.05) is 0 Å². The van der Waals surface area contributed by atoms with Crippen LogP contribution in [-0.2, 0) is 5.75 Å². The summed E-state index contributed by atoms with van der Waals surface area (Å²) in [7, 11) is 0. The third-order valence-electron chi connectivity index (χ3n) is 5.09. The van der Waals surface area contributed by atoms with Crippen molar-refractivity contribution in [3.63, 3.8) is 0 Å². The highest BCUT2D eigenvalue weighted by Gasteiger charge is 2.18. The smallest absolute Gasteiger partial charge is 0.283 e. The summed E-state index contributed by atoms with van der Waals surface area (Å²) in [6.07, 6.45) is 0. The van der Waals surface area contributed by atoms with E-state index in [2.05, 4.69) is 20.9 Å². The lowest BCUT2D eigenvalue weighted by Gasteiger charge is -2.12. The minimum Gasteiger partial charge on any atom is -0.349 e. The Morgan fingerprint density at radius 3 is 2.47 bits per heavy atom. The molecule has 0 aliphatic heterocycles. The van der Waals surface area contributed by atoms with Crippen LogP contribution in [0.1, 0.15) is 5.56 Å². The van der Waals surface area contributed by atoms with Crippen LogP contribution in [0.4, 0.5) is 5.69 Å². The van der Waals surface area contributed by atoms with Crippen molar-refractivity contribution in [3.05, 3.63) is 103 Å². The third-order valence-corrected chi connectivity index (χ3v) is 6.63. The van der Waals surface area contributed by atoms with Crippen LogP contribution in [0.2, 0.25) is 0 Å². The van der Waals surface area contributed by atoms with Crippen molar-refractivity contribution in [3.8, 4) is 5.69 Å². The molecule has 1 N–H and O–H groups in total. The van der Waals surface area contributed by atoms with Crippen molar-refractivity contribution in [2.45, 2.75) is 10.9 Å². The molecule has 5 aromatic rings. The van der Waals surface area contributed by atoms with Crippen LogP contribution >= 0.6 is 27.7 Å². The van der Waals surface area contributed by atoms with Gasteiger partial charge in [-0.3, -0.25) is 19.5 Å². The van der Waals surface area contributed by atoms with Gasteiger partial charge in [-0.15, -0.1) is 0 Å². The first-order chi connectivity index (χ1) is 15.5. The fraction of sp³-hybridized carbons (Fsp3) is 0.0435. The van der Waals surface area contributed by atoms with Gasteiger partial charge in [0.25, 0.3) is 11.2 Å². The molecule has 0 radical (unpaired) electrons. The average Bonchev–Trinajstić information content (AvgIpc) is 3.18. The highest BCUT2D eigenvalue weighted by molar-refractivity contribution is 9.10. The minimum absolute atomic E-state index is 0.0366. The van der Waals surface area contributed by atoms with Crippen LogP contribution in [-0.4, -0.2) is 19.5 Å². The fourth-order valence-corrected chi connectivity index (χ4v) is 4.74. The average molecular weight is 507 g/mol. The lowest BCUT2D eigenvalue weighted by molar-refractivity contribution is -0.384. The maximum absolute atomic E-state index is 13.5. The van der Waals surface area contributed by atoms with Gasteiger partial charge in [0.2, 0.25) is 0 Å². The number of aromatic nitrogens is 3. The first-order valence-electron chi connectivity index (χ1n) is 9.67. The number of H-pyrrole nitrogens is 1. The van der Waals surface area contributed by atoms with E-state index in [1.165, 1.54) is 28.5 Å². The number of nitro groups is 1. The summed E-state index contributed by atoms with van der Waals surface area (Å²) in [4.78, 5) is 32.1. The molecule has 2 aromatic heterocycles. The molecule has 7 nitrogen and oxygen atoms in total. The van der Waals surface area contributed by atoms with Crippen LogP contribution in [0.25, 0.3) is 27.6 Å². The van der Waals surface area contributed by atoms with Gasteiger partial charge >= 0.3 is 0 Å². The Labute approximate surface area is 194 Å². The molecule has 0 aliphatic carbocycles. The molecule has 0 aliphatic rings. The molecule has 0 atom stereocenters. The second kappa shape index (κ2) is 8.25. The summed E-state index contributed by atoms with van der Waals surface area (Å²) in [6.45, 7) is 0. The van der Waals surface area contributed by atoms with Gasteiger partial charge in [-0.05, 0) is 35.9 Å². The molecule has 0 fully saturated rings. The summed E-state index contributed by atoms with van der Waals surface area (Å²) in [5.74, 6) is 0.612. The zero-order valence-corrected chi connectivity index (χ0v) is 18.9. The molecule has 9 heteroatoms. The van der Waals surface area contributed by atoms with Crippen LogP contribution in [0.5, 0.6) is 0 Å². The summed E-state index contributed by atoms with van der Waals surface area (Å²) >= 11 is 4.88. The highest BCUT2D eigenvalue weighted by Crippen LogP contribution is 2.29. The number of para-hydroxylation sites is 1. The largest absolute Gasteiger partial charge is 0.349 e. The van der Waals surface area contributed by atoms with E-state index in [0.717, 1.165) is 20.9 Å². The van der Waals surface area contributed by atoms with Crippen molar-refractivity contribution in [2.24, 2.45) is 0 Å². The van der Waals surface area contributed by atoms with Crippen LogP contribution in [0.15, 0.2) is 87.2 Å². The van der Waals surface area contributed by atoms with Gasteiger partial charge < -0.3 is 4.98 Å². The number of hydrogen-bond donors (Lipinski definition) is 1. The van der Waals surface area contributed by atoms with Crippen LogP contribution in [0.3, 0.4) is 0 Å². The molecule has 0 saturated heterocycles. The number of aromatic amines is 1. The standard InChI is InChI=1S/C23H15BrN4O3S/c24-15-7-5-14(6-8-15)13-32-23-26-20-18-3-1-2-4-19(18)25-21(20)22(29)27(23)16-9-11-17(12-10-16)28(30)31/h1-12,25H,13H2. The van der Waals surface area contributed by atoms with Gasteiger partial charge in [-0.1, -0.05) is 58.0 Å². The molecule has 0 bridgehead atoms. The predicted octanol–water partition coefficient (Wildman–Crippen LogP) is 5.83. The van der Waals surface area contributed by atoms with E-state index in [-0.39, 0.29) is 11.2 Å². The molecule has 3 aromatic carbocycles. The van der Waals surface area contributed by atoms with E-state index in [0.29, 0.717) is 27.6 Å². The van der Waals surface area contributed by atoms with E-state index in [1.54, 1.807) is 12.1 Å². The summed E-state index contributed by atoms with van der Waals surface area (Å²) in [5.41, 5.74) is 3.16. The Morgan fingerprint density at radius 2 is 1.75 bits per heavy atom. The molecule has 5 rings (SSSR count). The Bertz CT molecular complexity index is 1530. The minimum atomic E-state index is -0.463. The number of benzene rings is 3. The molecular weight excluding hydrogens is 492 g/mol. The van der Waals surface area contributed by atoms with Crippen LogP contribution in [0, 0.1) is 10.1 Å². The summed E-state index contributed by atoms with van der Waals surface area (Å²) in [6, 6.07) is 21.5. The first kappa shape index (κ1) is 20.5. The number of nitro benzene ring substituents is 1. The summed E-state index contributed by atoms with van der Waals surface area (Å²) < 4.78 is 2.50. The van der Waals surface area contributed by atoms with Gasteiger partial charge in [0, 0.05) is 33.3 Å². The van der Waals surface area contributed by atoms with E-state index >= 15 is 0 Å². The Balaban J connectivity index is 1.68. The second-order valence-electron chi connectivity index (χ2n) is 7.12. The molecule has 2 heterocycles. The van der Waals surface area contributed by atoms with Gasteiger partial charge in [0.05, 0.1) is 10.6 Å². The number of fused-ring (bicyclic) bond motifs is 3. The highest BCUT2D eigenvalue weighted by atomic mass is 79.9. The van der Waals surface area contributed by atoms with Gasteiger partial charge in [0.15, 0.2) is 5.16 Å². The predicted molar refractivity (Wildman–Crippen MR) is 130 cm³/mol. The fourth-order valence-electron chi connectivity index (χ4n) is 3.52. The second-order valence-corrected chi connectivity index (χ2v) is 8.98. The van der Waals surface area contributed by atoms with Crippen molar-refractivity contribution >= 4 is 55.3 Å². The van der Waals surface area contributed by atoms with Gasteiger partial charge in [0.1, 0.15) is 11.0 Å². The first-order valence-corrected chi connectivity index (χ1v) is 11.4. The Kier molecular flexibility index (Phi) is 5.28. The number of hydrogen-bond acceptors (Lipinski definition) is 5. The molecule has 158 valence electrons. The molecule has 32 heavy (non-hydrogen) atoms. The van der Waals surface area contributed by atoms with E-state index in [1.807, 2.05) is 48.5 Å². The molecule has 0 saturated carbocycles. The van der Waals surface area contributed by atoms with E-state index < -0.39 is 4.92 Å². The SMILES string of the molecule is O=c1c2[nH]c3ccccc3c2nc(SCc2ccc(Br)cc2)n1-c1ccc([N+](=O)[O-])cc1. The van der Waals surface area contributed by atoms with Gasteiger partial charge in [-0.25, -0.2) is 4.98 Å². The quantitative estimate of drug-likeness (QED) is 0.140. The Hall–Kier alpha value is -3.43. The van der Waals surface area contributed by atoms with Crippen molar-refractivity contribution in [1.29, 1.82) is 0 Å². The number of rotatable bonds is 5. The third kappa shape index (κ3) is 3.69. The monoisotopic (exact) mass is 506 g/mol. The number of nitrogens with zero attached hydrogens (tertiary/aromatic N) is 3. The topological polar surface area (TPSA) is 93.8 Å². The van der Waals surface area contributed by atoms with Crippen molar-refractivity contribution < 1.29 is 4.92 Å². The Morgan fingerprint density at radius 1 is 1.03 bits per heavy atom. The molecule has 0 spiro atoms. The molecular formula is C23H15BrN4O3S. The number of non-ortho nitro benzene ring substituents is 1. The van der Waals surface area contributed by atoms with Crippen molar-refractivity contribution in [1.82, 2.24) is 14.5 Å². The number of halogens is 1. The lowest BCUT2D eigenvalue weighted by atomic mass is 10.2. The molecule has 0 amide bonds. The van der Waals surface area contributed by atoms with Gasteiger partial charge in [-0.2, -0.15) is 0 Å². The summed E-state index contributed by atoms with van der Waals surface area (Å²) in [5, 5.41) is 12.4. The maximum Gasteiger partial charge on any atom is 0.283 e. The van der Waals surface area contributed by atoms with E-state index in [4.69, 9.17) is 4.98 Å². The lowest BCUT2D eigenvalue weighted by Crippen LogP contribution is -2.21. The number of nitrogens with one attached hydrogen (secondary N) is 1. The maximum atomic E-state index is 13.5. The normalized spacial score (nSPS) is 11.3. The van der Waals surface area contributed by atoms with E-state index in [9.17, 15) is 14.9 Å². The van der Waals surface area contributed by atoms with Crippen LogP contribution < -0.4 is 5.56 Å². The number of thioether (sulfide) groups is 1. The molecule has 0 unspecified atom stereocenters. The zero-order valence-electron chi connectivity index (χ0n) is 16.5. The zero-order chi connectivity index (χ0) is 22.2.